The van der Waals surface area contributed by atoms with Crippen molar-refractivity contribution in [3.05, 3.63) is 47.8 Å². The van der Waals surface area contributed by atoms with Gasteiger partial charge >= 0.3 is 0 Å². The molecule has 0 amide bonds. The minimum atomic E-state index is -1.32. The van der Waals surface area contributed by atoms with Crippen molar-refractivity contribution in [2.24, 2.45) is 0 Å². The summed E-state index contributed by atoms with van der Waals surface area (Å²) in [5, 5.41) is 10.6. The fourth-order valence-electron chi connectivity index (χ4n) is 3.30. The molecule has 0 radical (unpaired) electrons. The highest BCUT2D eigenvalue weighted by Crippen LogP contribution is 2.36. The molecule has 0 aliphatic heterocycles. The van der Waals surface area contributed by atoms with Gasteiger partial charge in [0.1, 0.15) is 28.6 Å². The smallest absolute Gasteiger partial charge is 0.147 e. The van der Waals surface area contributed by atoms with Crippen LogP contribution in [0, 0.1) is 17.1 Å². The molecule has 28 heavy (non-hydrogen) atoms. The first-order chi connectivity index (χ1) is 13.5. The van der Waals surface area contributed by atoms with Crippen LogP contribution in [0.4, 0.5) is 10.1 Å². The summed E-state index contributed by atoms with van der Waals surface area (Å²) >= 11 is 0. The topological polar surface area (TPSA) is 67.1 Å². The van der Waals surface area contributed by atoms with Crippen molar-refractivity contribution in [1.29, 1.82) is 5.26 Å². The normalized spacial score (nSPS) is 12.0. The molecule has 2 aromatic carbocycles. The van der Waals surface area contributed by atoms with E-state index >= 15 is 0 Å². The van der Waals surface area contributed by atoms with Gasteiger partial charge in [-0.05, 0) is 37.6 Å². The standard InChI is InChI=1S/C21H22FN3O2S/c1-4-10-28(26)24-19-9-6-14(11-18(19)22)21-17(13-23)16-8-7-15(27-3)12-20(16)25(21)5-2/h6-9,11-12,24H,4-5,10H2,1-3H3. The summed E-state index contributed by atoms with van der Waals surface area (Å²) in [4.78, 5) is 0. The monoisotopic (exact) mass is 399 g/mol. The Morgan fingerprint density at radius 2 is 2.04 bits per heavy atom. The molecule has 3 aromatic rings. The Kier molecular flexibility index (Phi) is 6.00. The van der Waals surface area contributed by atoms with Crippen LogP contribution in [0.3, 0.4) is 0 Å². The van der Waals surface area contributed by atoms with Crippen molar-refractivity contribution in [3.8, 4) is 23.1 Å². The molecule has 5 nitrogen and oxygen atoms in total. The minimum absolute atomic E-state index is 0.190. The molecular weight excluding hydrogens is 377 g/mol. The molecule has 0 fully saturated rings. The average molecular weight is 399 g/mol. The van der Waals surface area contributed by atoms with E-state index in [4.69, 9.17) is 4.74 Å². The zero-order chi connectivity index (χ0) is 20.3. The van der Waals surface area contributed by atoms with Crippen molar-refractivity contribution in [2.75, 3.05) is 17.6 Å². The second kappa shape index (κ2) is 8.44. The van der Waals surface area contributed by atoms with Gasteiger partial charge in [-0.15, -0.1) is 0 Å². The van der Waals surface area contributed by atoms with Gasteiger partial charge in [-0.2, -0.15) is 5.26 Å². The maximum absolute atomic E-state index is 14.7. The largest absolute Gasteiger partial charge is 0.497 e. The van der Waals surface area contributed by atoms with Crippen LogP contribution in [0.5, 0.6) is 5.75 Å². The molecule has 1 unspecified atom stereocenters. The summed E-state index contributed by atoms with van der Waals surface area (Å²) < 4.78 is 36.5. The Morgan fingerprint density at radius 3 is 2.64 bits per heavy atom. The molecule has 0 aliphatic carbocycles. The lowest BCUT2D eigenvalue weighted by atomic mass is 10.1. The number of nitrogens with zero attached hydrogens (tertiary/aromatic N) is 2. The molecule has 3 rings (SSSR count). The van der Waals surface area contributed by atoms with E-state index in [-0.39, 0.29) is 5.69 Å². The number of hydrogen-bond acceptors (Lipinski definition) is 3. The van der Waals surface area contributed by atoms with Gasteiger partial charge in [0.15, 0.2) is 0 Å². The number of nitriles is 1. The van der Waals surface area contributed by atoms with Crippen molar-refractivity contribution in [1.82, 2.24) is 4.57 Å². The van der Waals surface area contributed by atoms with Gasteiger partial charge in [-0.3, -0.25) is 0 Å². The van der Waals surface area contributed by atoms with Crippen LogP contribution in [-0.2, 0) is 17.5 Å². The van der Waals surface area contributed by atoms with E-state index in [1.165, 1.54) is 6.07 Å². The third-order valence-electron chi connectivity index (χ3n) is 4.56. The molecule has 1 N–H and O–H groups in total. The summed E-state index contributed by atoms with van der Waals surface area (Å²) in [6, 6.07) is 12.5. The number of rotatable bonds is 7. The van der Waals surface area contributed by atoms with Crippen LogP contribution < -0.4 is 9.46 Å². The maximum Gasteiger partial charge on any atom is 0.147 e. The maximum atomic E-state index is 14.7. The fourth-order valence-corrected chi connectivity index (χ4v) is 4.19. The fraction of sp³-hybridized carbons (Fsp3) is 0.286. The van der Waals surface area contributed by atoms with Crippen LogP contribution in [0.15, 0.2) is 36.4 Å². The molecule has 0 saturated heterocycles. The quantitative estimate of drug-likeness (QED) is 0.619. The summed E-state index contributed by atoms with van der Waals surface area (Å²) in [6.45, 7) is 4.51. The predicted octanol–water partition coefficient (Wildman–Crippen LogP) is 4.83. The molecule has 1 atom stereocenters. The Bertz CT molecular complexity index is 1090. The number of anilines is 1. The summed E-state index contributed by atoms with van der Waals surface area (Å²) in [5.41, 5.74) is 2.80. The Balaban J connectivity index is 2.14. The lowest BCUT2D eigenvalue weighted by molar-refractivity contribution is 0.415. The van der Waals surface area contributed by atoms with Crippen LogP contribution in [0.25, 0.3) is 22.2 Å². The molecule has 1 aromatic heterocycles. The first-order valence-corrected chi connectivity index (χ1v) is 10.4. The van der Waals surface area contributed by atoms with Gasteiger partial charge < -0.3 is 14.0 Å². The summed E-state index contributed by atoms with van der Waals surface area (Å²) in [6.07, 6.45) is 0.741. The number of benzene rings is 2. The highest BCUT2D eigenvalue weighted by molar-refractivity contribution is 7.86. The molecule has 1 heterocycles. The van der Waals surface area contributed by atoms with Crippen molar-refractivity contribution in [2.45, 2.75) is 26.8 Å². The van der Waals surface area contributed by atoms with Crippen molar-refractivity contribution >= 4 is 27.6 Å². The SMILES string of the molecule is CCCS(=O)Nc1ccc(-c2c(C#N)c3ccc(OC)cc3n2CC)cc1F. The summed E-state index contributed by atoms with van der Waals surface area (Å²) in [7, 11) is 0.271. The Hall–Kier alpha value is -2.85. The molecular formula is C21H22FN3O2S. The molecule has 0 bridgehead atoms. The first kappa shape index (κ1) is 19.9. The van der Waals surface area contributed by atoms with E-state index in [1.807, 2.05) is 36.6 Å². The summed E-state index contributed by atoms with van der Waals surface area (Å²) in [5.74, 6) is 0.641. The molecule has 0 spiro atoms. The number of aromatic nitrogens is 1. The third kappa shape index (κ3) is 3.60. The lowest BCUT2D eigenvalue weighted by Crippen LogP contribution is -2.09. The number of methoxy groups -OCH3 is 1. The number of aryl methyl sites for hydroxylation is 1. The Labute approximate surface area is 166 Å². The number of ether oxygens (including phenoxy) is 1. The molecule has 0 aliphatic rings. The van der Waals surface area contributed by atoms with E-state index in [0.29, 0.717) is 34.9 Å². The predicted molar refractivity (Wildman–Crippen MR) is 111 cm³/mol. The molecule has 7 heteroatoms. The second-order valence-electron chi connectivity index (χ2n) is 6.31. The van der Waals surface area contributed by atoms with Crippen LogP contribution in [0.1, 0.15) is 25.8 Å². The van der Waals surface area contributed by atoms with Gasteiger partial charge in [0.2, 0.25) is 0 Å². The van der Waals surface area contributed by atoms with Gasteiger partial charge in [0.25, 0.3) is 0 Å². The van der Waals surface area contributed by atoms with E-state index in [2.05, 4.69) is 10.8 Å². The van der Waals surface area contributed by atoms with Gasteiger partial charge in [-0.25, -0.2) is 8.60 Å². The van der Waals surface area contributed by atoms with E-state index in [1.54, 1.807) is 19.2 Å². The third-order valence-corrected chi connectivity index (χ3v) is 5.78. The average Bonchev–Trinajstić information content (AvgIpc) is 3.02. The highest BCUT2D eigenvalue weighted by atomic mass is 32.2. The van der Waals surface area contributed by atoms with Gasteiger partial charge in [-0.1, -0.05) is 13.0 Å². The number of fused-ring (bicyclic) bond motifs is 1. The van der Waals surface area contributed by atoms with Crippen LogP contribution in [0.2, 0.25) is 0 Å². The van der Waals surface area contributed by atoms with Gasteiger partial charge in [0, 0.05) is 29.3 Å². The van der Waals surface area contributed by atoms with E-state index < -0.39 is 16.8 Å². The minimum Gasteiger partial charge on any atom is -0.497 e. The van der Waals surface area contributed by atoms with E-state index in [9.17, 15) is 13.9 Å². The number of hydrogen-bond donors (Lipinski definition) is 1. The van der Waals surface area contributed by atoms with Crippen molar-refractivity contribution in [3.63, 3.8) is 0 Å². The zero-order valence-electron chi connectivity index (χ0n) is 16.1. The van der Waals surface area contributed by atoms with Crippen LogP contribution >= 0.6 is 0 Å². The van der Waals surface area contributed by atoms with Crippen LogP contribution in [-0.4, -0.2) is 21.6 Å². The first-order valence-electron chi connectivity index (χ1n) is 9.09. The second-order valence-corrected chi connectivity index (χ2v) is 7.61. The van der Waals surface area contributed by atoms with Crippen molar-refractivity contribution < 1.29 is 13.3 Å². The lowest BCUT2D eigenvalue weighted by Gasteiger charge is -2.11. The molecule has 146 valence electrons. The number of nitrogens with one attached hydrogen (secondary N) is 1. The highest BCUT2D eigenvalue weighted by Gasteiger charge is 2.19. The number of halogens is 1. The molecule has 0 saturated carbocycles. The Morgan fingerprint density at radius 1 is 1.25 bits per heavy atom. The van der Waals surface area contributed by atoms with E-state index in [0.717, 1.165) is 17.3 Å². The van der Waals surface area contributed by atoms with Gasteiger partial charge in [0.05, 0.1) is 29.6 Å². The zero-order valence-corrected chi connectivity index (χ0v) is 16.9.